The number of halogens is 1. The van der Waals surface area contributed by atoms with Crippen LogP contribution in [-0.4, -0.2) is 35.9 Å². The van der Waals surface area contributed by atoms with Gasteiger partial charge in [0.15, 0.2) is 0 Å². The smallest absolute Gasteiger partial charge is 0.264 e. The molecule has 0 aliphatic heterocycles. The Morgan fingerprint density at radius 2 is 1.78 bits per heavy atom. The Hall–Kier alpha value is -2.70. The van der Waals surface area contributed by atoms with E-state index in [-0.39, 0.29) is 5.91 Å². The second kappa shape index (κ2) is 9.84. The van der Waals surface area contributed by atoms with Gasteiger partial charge in [0.1, 0.15) is 0 Å². The molecule has 0 fully saturated rings. The van der Waals surface area contributed by atoms with Gasteiger partial charge in [0.2, 0.25) is 0 Å². The summed E-state index contributed by atoms with van der Waals surface area (Å²) in [6.07, 6.45) is 1.88. The van der Waals surface area contributed by atoms with Crippen molar-refractivity contribution >= 4 is 49.8 Å². The molecule has 0 atom stereocenters. The molecule has 6 heteroatoms. The zero-order valence-corrected chi connectivity index (χ0v) is 20.9. The summed E-state index contributed by atoms with van der Waals surface area (Å²) in [6, 6.07) is 20.7. The van der Waals surface area contributed by atoms with Crippen LogP contribution in [0.1, 0.15) is 29.1 Å². The van der Waals surface area contributed by atoms with Gasteiger partial charge in [0.25, 0.3) is 5.91 Å². The van der Waals surface area contributed by atoms with Crippen LogP contribution in [0.5, 0.6) is 0 Å². The zero-order valence-electron chi connectivity index (χ0n) is 18.5. The van der Waals surface area contributed by atoms with Crippen molar-refractivity contribution in [3.05, 3.63) is 81.1 Å². The first-order valence-corrected chi connectivity index (χ1v) is 12.3. The van der Waals surface area contributed by atoms with Crippen molar-refractivity contribution in [2.75, 3.05) is 25.0 Å². The van der Waals surface area contributed by atoms with E-state index >= 15 is 0 Å². The molecule has 32 heavy (non-hydrogen) atoms. The molecular weight excluding hydrogens is 482 g/mol. The number of pyridine rings is 1. The molecule has 0 aliphatic carbocycles. The van der Waals surface area contributed by atoms with Crippen molar-refractivity contribution < 1.29 is 4.79 Å². The lowest BCUT2D eigenvalue weighted by Crippen LogP contribution is -2.25. The van der Waals surface area contributed by atoms with E-state index in [1.54, 1.807) is 4.90 Å². The Balaban J connectivity index is 1.63. The number of hydrogen-bond acceptors (Lipinski definition) is 4. The van der Waals surface area contributed by atoms with Crippen molar-refractivity contribution in [3.63, 3.8) is 0 Å². The first kappa shape index (κ1) is 22.5. The van der Waals surface area contributed by atoms with Gasteiger partial charge in [-0.15, -0.1) is 11.3 Å². The predicted molar refractivity (Wildman–Crippen MR) is 139 cm³/mol. The van der Waals surface area contributed by atoms with Gasteiger partial charge in [-0.3, -0.25) is 9.78 Å². The van der Waals surface area contributed by atoms with Crippen LogP contribution < -0.4 is 4.90 Å². The highest BCUT2D eigenvalue weighted by atomic mass is 79.9. The maximum absolute atomic E-state index is 12.7. The Morgan fingerprint density at radius 3 is 2.50 bits per heavy atom. The van der Waals surface area contributed by atoms with E-state index in [1.807, 2.05) is 25.4 Å². The largest absolute Gasteiger partial charge is 0.371 e. The molecule has 0 aliphatic rings. The van der Waals surface area contributed by atoms with E-state index in [1.165, 1.54) is 17.0 Å². The van der Waals surface area contributed by atoms with Crippen molar-refractivity contribution in [1.82, 2.24) is 9.88 Å². The maximum Gasteiger partial charge on any atom is 0.264 e. The van der Waals surface area contributed by atoms with Gasteiger partial charge in [-0.25, -0.2) is 0 Å². The average Bonchev–Trinajstić information content (AvgIpc) is 3.25. The van der Waals surface area contributed by atoms with E-state index in [0.717, 1.165) is 49.3 Å². The lowest BCUT2D eigenvalue weighted by Gasteiger charge is -2.23. The molecule has 0 saturated carbocycles. The van der Waals surface area contributed by atoms with Crippen LogP contribution >= 0.6 is 27.3 Å². The number of aromatic nitrogens is 1. The second-order valence-electron chi connectivity index (χ2n) is 7.70. The van der Waals surface area contributed by atoms with Crippen LogP contribution in [-0.2, 0) is 6.54 Å². The van der Waals surface area contributed by atoms with Crippen molar-refractivity contribution in [3.8, 4) is 11.1 Å². The number of rotatable bonds is 7. The second-order valence-corrected chi connectivity index (χ2v) is 10.2. The van der Waals surface area contributed by atoms with E-state index in [0.29, 0.717) is 6.54 Å². The molecule has 0 spiro atoms. The molecule has 4 aromatic rings. The van der Waals surface area contributed by atoms with E-state index in [9.17, 15) is 4.79 Å². The number of benzene rings is 2. The van der Waals surface area contributed by atoms with Gasteiger partial charge in [-0.1, -0.05) is 24.3 Å². The highest BCUT2D eigenvalue weighted by molar-refractivity contribution is 9.11. The summed E-state index contributed by atoms with van der Waals surface area (Å²) in [5, 5.41) is 1.16. The highest BCUT2D eigenvalue weighted by Gasteiger charge is 2.15. The number of nitrogens with zero attached hydrogens (tertiary/aromatic N) is 3. The van der Waals surface area contributed by atoms with Gasteiger partial charge in [0, 0.05) is 44.0 Å². The molecule has 0 bridgehead atoms. The minimum Gasteiger partial charge on any atom is -0.371 e. The molecule has 0 radical (unpaired) electrons. The molecule has 0 saturated heterocycles. The monoisotopic (exact) mass is 507 g/mol. The van der Waals surface area contributed by atoms with E-state index < -0.39 is 0 Å². The van der Waals surface area contributed by atoms with Crippen molar-refractivity contribution in [2.45, 2.75) is 20.4 Å². The molecule has 0 N–H and O–H groups in total. The number of carbonyl (C=O) groups is 1. The number of carbonyl (C=O) groups excluding carboxylic acids is 1. The summed E-state index contributed by atoms with van der Waals surface area (Å²) >= 11 is 4.89. The zero-order chi connectivity index (χ0) is 22.7. The summed E-state index contributed by atoms with van der Waals surface area (Å²) in [4.78, 5) is 22.1. The quantitative estimate of drug-likeness (QED) is 0.274. The van der Waals surface area contributed by atoms with Gasteiger partial charge in [-0.2, -0.15) is 0 Å². The third-order valence-electron chi connectivity index (χ3n) is 5.63. The molecule has 4 nitrogen and oxygen atoms in total. The molecule has 1 amide bonds. The molecule has 164 valence electrons. The predicted octanol–water partition coefficient (Wildman–Crippen LogP) is 6.84. The fourth-order valence-corrected chi connectivity index (χ4v) is 5.34. The van der Waals surface area contributed by atoms with Crippen LogP contribution in [0.15, 0.2) is 70.6 Å². The highest BCUT2D eigenvalue weighted by Crippen LogP contribution is 2.31. The minimum atomic E-state index is 0.0340. The lowest BCUT2D eigenvalue weighted by molar-refractivity contribution is 0.0790. The van der Waals surface area contributed by atoms with Crippen LogP contribution in [0.25, 0.3) is 22.0 Å². The SMILES string of the molecule is CCN(CC)c1ccnc2ccc(-c3cccc(CN(C)C(=O)c4ccc(Br)s4)c3)cc12. The third kappa shape index (κ3) is 4.71. The fraction of sp³-hybridized carbons (Fsp3) is 0.231. The Morgan fingerprint density at radius 1 is 1.00 bits per heavy atom. The summed E-state index contributed by atoms with van der Waals surface area (Å²) in [5.41, 5.74) is 5.60. The normalized spacial score (nSPS) is 11.0. The van der Waals surface area contributed by atoms with Gasteiger partial charge >= 0.3 is 0 Å². The Labute approximate surface area is 201 Å². The number of anilines is 1. The van der Waals surface area contributed by atoms with Crippen LogP contribution in [0.3, 0.4) is 0 Å². The van der Waals surface area contributed by atoms with E-state index in [4.69, 9.17) is 0 Å². The number of fused-ring (bicyclic) bond motifs is 1. The van der Waals surface area contributed by atoms with Gasteiger partial charge in [0.05, 0.1) is 14.2 Å². The molecular formula is C26H26BrN3OS. The van der Waals surface area contributed by atoms with Gasteiger partial charge in [-0.05, 0) is 82.9 Å². The lowest BCUT2D eigenvalue weighted by atomic mass is 10.00. The molecule has 0 unspecified atom stereocenters. The number of thiophene rings is 1. The number of hydrogen-bond donors (Lipinski definition) is 0. The molecule has 2 aromatic carbocycles. The van der Waals surface area contributed by atoms with E-state index in [2.05, 4.69) is 88.2 Å². The number of amides is 1. The molecule has 2 heterocycles. The fourth-order valence-electron chi connectivity index (χ4n) is 3.96. The first-order valence-electron chi connectivity index (χ1n) is 10.7. The third-order valence-corrected chi connectivity index (χ3v) is 7.25. The summed E-state index contributed by atoms with van der Waals surface area (Å²) in [5.74, 6) is 0.0340. The standard InChI is InChI=1S/C26H26BrN3OS/c1-4-30(5-2)23-13-14-28-22-10-9-20(16-21(22)23)19-8-6-7-18(15-19)17-29(3)26(31)24-11-12-25(27)32-24/h6-16H,4-5,17H2,1-3H3. The first-order chi connectivity index (χ1) is 15.5. The van der Waals surface area contributed by atoms with Crippen LogP contribution in [0, 0.1) is 0 Å². The summed E-state index contributed by atoms with van der Waals surface area (Å²) < 4.78 is 0.964. The van der Waals surface area contributed by atoms with Crippen molar-refractivity contribution in [1.29, 1.82) is 0 Å². The van der Waals surface area contributed by atoms with Crippen LogP contribution in [0.4, 0.5) is 5.69 Å². The Kier molecular flexibility index (Phi) is 6.92. The summed E-state index contributed by atoms with van der Waals surface area (Å²) in [6.45, 7) is 6.82. The Bertz CT molecular complexity index is 1250. The van der Waals surface area contributed by atoms with Crippen molar-refractivity contribution in [2.24, 2.45) is 0 Å². The van der Waals surface area contributed by atoms with Crippen LogP contribution in [0.2, 0.25) is 0 Å². The molecule has 4 rings (SSSR count). The maximum atomic E-state index is 12.7. The minimum absolute atomic E-state index is 0.0340. The van der Waals surface area contributed by atoms with Gasteiger partial charge < -0.3 is 9.80 Å². The average molecular weight is 508 g/mol. The summed E-state index contributed by atoms with van der Waals surface area (Å²) in [7, 11) is 1.85. The molecule has 2 aromatic heterocycles. The topological polar surface area (TPSA) is 36.4 Å².